The van der Waals surface area contributed by atoms with Crippen LogP contribution in [0.4, 0.5) is 5.13 Å². The number of carbonyl (C=O) groups is 1. The molecule has 2 aromatic carbocycles. The number of anilines is 1. The van der Waals surface area contributed by atoms with Crippen molar-refractivity contribution in [3.63, 3.8) is 0 Å². The number of halogens is 1. The monoisotopic (exact) mass is 513 g/mol. The number of methoxy groups -OCH3 is 3. The maximum Gasteiger partial charge on any atom is 0.260 e. The fourth-order valence-corrected chi connectivity index (χ4v) is 4.76. The van der Waals surface area contributed by atoms with Crippen LogP contribution in [-0.4, -0.2) is 37.2 Å². The molecule has 0 aliphatic rings. The van der Waals surface area contributed by atoms with Crippen LogP contribution in [0.1, 0.15) is 16.1 Å². The summed E-state index contributed by atoms with van der Waals surface area (Å²) >= 11 is 4.93. The van der Waals surface area contributed by atoms with Gasteiger partial charge in [0.05, 0.1) is 43.8 Å². The van der Waals surface area contributed by atoms with Gasteiger partial charge in [0.25, 0.3) is 5.91 Å². The Bertz CT molecular complexity index is 1240. The maximum atomic E-state index is 13.7. The van der Waals surface area contributed by atoms with Gasteiger partial charge in [0.2, 0.25) is 5.75 Å². The molecule has 0 saturated carbocycles. The van der Waals surface area contributed by atoms with Crippen molar-refractivity contribution in [3.05, 3.63) is 70.5 Å². The lowest BCUT2D eigenvalue weighted by atomic mass is 10.1. The molecular weight excluding hydrogens is 494 g/mol. The molecule has 0 N–H and O–H groups in total. The Morgan fingerprint density at radius 3 is 2.41 bits per heavy atom. The van der Waals surface area contributed by atoms with Crippen LogP contribution in [0.5, 0.6) is 17.2 Å². The van der Waals surface area contributed by atoms with Crippen molar-refractivity contribution in [1.29, 1.82) is 0 Å². The molecule has 0 radical (unpaired) electrons. The minimum Gasteiger partial charge on any atom is -0.493 e. The highest BCUT2D eigenvalue weighted by molar-refractivity contribution is 9.10. The van der Waals surface area contributed by atoms with Gasteiger partial charge >= 0.3 is 0 Å². The lowest BCUT2D eigenvalue weighted by molar-refractivity contribution is 0.0984. The largest absolute Gasteiger partial charge is 0.493 e. The molecule has 0 fully saturated rings. The molecular formula is C23H20BrN3O4S. The highest BCUT2D eigenvalue weighted by Gasteiger charge is 2.25. The van der Waals surface area contributed by atoms with Crippen LogP contribution in [0.15, 0.2) is 59.2 Å². The number of hydrogen-bond acceptors (Lipinski definition) is 7. The van der Waals surface area contributed by atoms with E-state index < -0.39 is 0 Å². The van der Waals surface area contributed by atoms with Gasteiger partial charge < -0.3 is 14.2 Å². The number of fused-ring (bicyclic) bond motifs is 1. The fourth-order valence-electron chi connectivity index (χ4n) is 3.24. The third-order valence-electron chi connectivity index (χ3n) is 4.77. The highest BCUT2D eigenvalue weighted by Crippen LogP contribution is 2.39. The van der Waals surface area contributed by atoms with Crippen molar-refractivity contribution in [3.8, 4) is 17.2 Å². The SMILES string of the molecule is COc1cc(C(=O)N(Cc2ccccn2)c2nc3ccc(Br)cc3s2)cc(OC)c1OC. The van der Waals surface area contributed by atoms with E-state index in [-0.39, 0.29) is 12.5 Å². The molecule has 1 amide bonds. The number of rotatable bonds is 7. The van der Waals surface area contributed by atoms with Crippen molar-refractivity contribution >= 4 is 48.5 Å². The summed E-state index contributed by atoms with van der Waals surface area (Å²) in [5, 5.41) is 0.572. The number of amides is 1. The van der Waals surface area contributed by atoms with Crippen LogP contribution in [0.2, 0.25) is 0 Å². The fraction of sp³-hybridized carbons (Fsp3) is 0.174. The second-order valence-electron chi connectivity index (χ2n) is 6.73. The number of aromatic nitrogens is 2. The average Bonchev–Trinajstić information content (AvgIpc) is 3.24. The third-order valence-corrected chi connectivity index (χ3v) is 6.31. The predicted molar refractivity (Wildman–Crippen MR) is 128 cm³/mol. The molecule has 164 valence electrons. The van der Waals surface area contributed by atoms with Gasteiger partial charge in [-0.15, -0.1) is 0 Å². The number of benzene rings is 2. The van der Waals surface area contributed by atoms with Crippen LogP contribution < -0.4 is 19.1 Å². The minimum atomic E-state index is -0.256. The zero-order valence-corrected chi connectivity index (χ0v) is 20.1. The summed E-state index contributed by atoms with van der Waals surface area (Å²) in [4.78, 5) is 24.4. The molecule has 0 bridgehead atoms. The van der Waals surface area contributed by atoms with E-state index in [0.29, 0.717) is 27.9 Å². The molecule has 4 aromatic rings. The van der Waals surface area contributed by atoms with Gasteiger partial charge in [-0.1, -0.05) is 33.3 Å². The Balaban J connectivity index is 1.81. The summed E-state index contributed by atoms with van der Waals surface area (Å²) in [5.41, 5.74) is 1.95. The van der Waals surface area contributed by atoms with Crippen molar-refractivity contribution in [1.82, 2.24) is 9.97 Å². The van der Waals surface area contributed by atoms with E-state index in [2.05, 4.69) is 20.9 Å². The average molecular weight is 514 g/mol. The molecule has 32 heavy (non-hydrogen) atoms. The second-order valence-corrected chi connectivity index (χ2v) is 8.66. The van der Waals surface area contributed by atoms with E-state index in [4.69, 9.17) is 19.2 Å². The van der Waals surface area contributed by atoms with Gasteiger partial charge in [-0.2, -0.15) is 0 Å². The smallest absolute Gasteiger partial charge is 0.260 e. The van der Waals surface area contributed by atoms with Gasteiger partial charge in [-0.05, 0) is 42.5 Å². The van der Waals surface area contributed by atoms with E-state index in [1.165, 1.54) is 32.7 Å². The van der Waals surface area contributed by atoms with Crippen LogP contribution in [0.3, 0.4) is 0 Å². The molecule has 0 aliphatic heterocycles. The van der Waals surface area contributed by atoms with Gasteiger partial charge in [0, 0.05) is 16.2 Å². The molecule has 2 aromatic heterocycles. The first-order chi connectivity index (χ1) is 15.5. The Kier molecular flexibility index (Phi) is 6.57. The molecule has 0 spiro atoms. The highest BCUT2D eigenvalue weighted by atomic mass is 79.9. The number of pyridine rings is 1. The van der Waals surface area contributed by atoms with Crippen LogP contribution >= 0.6 is 27.3 Å². The second kappa shape index (κ2) is 9.54. The lowest BCUT2D eigenvalue weighted by Gasteiger charge is -2.21. The molecule has 7 nitrogen and oxygen atoms in total. The molecule has 4 rings (SSSR count). The van der Waals surface area contributed by atoms with Crippen molar-refractivity contribution < 1.29 is 19.0 Å². The van der Waals surface area contributed by atoms with Crippen LogP contribution in [-0.2, 0) is 6.54 Å². The number of thiazole rings is 1. The predicted octanol–water partition coefficient (Wildman–Crippen LogP) is 5.33. The number of carbonyl (C=O) groups excluding carboxylic acids is 1. The zero-order chi connectivity index (χ0) is 22.7. The Hall–Kier alpha value is -3.17. The first-order valence-electron chi connectivity index (χ1n) is 9.62. The molecule has 0 unspecified atom stereocenters. The first kappa shape index (κ1) is 22.0. The standard InChI is InChI=1S/C23H20BrN3O4S/c1-29-18-10-14(11-19(30-2)21(18)31-3)22(28)27(13-16-6-4-5-9-25-16)23-26-17-8-7-15(24)12-20(17)32-23/h4-12H,13H2,1-3H3. The number of hydrogen-bond donors (Lipinski definition) is 0. The number of nitrogens with zero attached hydrogens (tertiary/aromatic N) is 3. The lowest BCUT2D eigenvalue weighted by Crippen LogP contribution is -2.30. The van der Waals surface area contributed by atoms with E-state index in [1.807, 2.05) is 36.4 Å². The minimum absolute atomic E-state index is 0.256. The summed E-state index contributed by atoms with van der Waals surface area (Å²) in [6.45, 7) is 0.261. The topological polar surface area (TPSA) is 73.8 Å². The Morgan fingerprint density at radius 1 is 1.03 bits per heavy atom. The third kappa shape index (κ3) is 4.39. The number of ether oxygens (including phenoxy) is 3. The normalized spacial score (nSPS) is 10.8. The van der Waals surface area contributed by atoms with E-state index in [9.17, 15) is 4.79 Å². The Labute approximate surface area is 197 Å². The van der Waals surface area contributed by atoms with Crippen LogP contribution in [0, 0.1) is 0 Å². The summed E-state index contributed by atoms with van der Waals surface area (Å²) in [6, 6.07) is 14.7. The van der Waals surface area contributed by atoms with Gasteiger partial charge in [-0.25, -0.2) is 4.98 Å². The summed E-state index contributed by atoms with van der Waals surface area (Å²) in [7, 11) is 4.56. The zero-order valence-electron chi connectivity index (χ0n) is 17.7. The summed E-state index contributed by atoms with van der Waals surface area (Å²) < 4.78 is 18.2. The molecule has 0 atom stereocenters. The van der Waals surface area contributed by atoms with Crippen molar-refractivity contribution in [2.24, 2.45) is 0 Å². The molecule has 0 aliphatic carbocycles. The quantitative estimate of drug-likeness (QED) is 0.332. The maximum absolute atomic E-state index is 13.7. The first-order valence-corrected chi connectivity index (χ1v) is 11.2. The summed E-state index contributed by atoms with van der Waals surface area (Å²) in [5.74, 6) is 0.975. The van der Waals surface area contributed by atoms with Gasteiger partial charge in [0.1, 0.15) is 0 Å². The molecule has 9 heteroatoms. The van der Waals surface area contributed by atoms with Gasteiger partial charge in [-0.3, -0.25) is 14.7 Å². The summed E-state index contributed by atoms with van der Waals surface area (Å²) in [6.07, 6.45) is 1.70. The van der Waals surface area contributed by atoms with Crippen molar-refractivity contribution in [2.45, 2.75) is 6.54 Å². The van der Waals surface area contributed by atoms with E-state index >= 15 is 0 Å². The van der Waals surface area contributed by atoms with Crippen molar-refractivity contribution in [2.75, 3.05) is 26.2 Å². The van der Waals surface area contributed by atoms with Gasteiger partial charge in [0.15, 0.2) is 16.6 Å². The molecule has 2 heterocycles. The molecule has 0 saturated heterocycles. The Morgan fingerprint density at radius 2 is 1.78 bits per heavy atom. The van der Waals surface area contributed by atoms with E-state index in [0.717, 1.165) is 20.4 Å². The van der Waals surface area contributed by atoms with Crippen LogP contribution in [0.25, 0.3) is 10.2 Å². The van der Waals surface area contributed by atoms with E-state index in [1.54, 1.807) is 23.2 Å².